The van der Waals surface area contributed by atoms with Crippen molar-refractivity contribution < 1.29 is 27.6 Å². The average molecular weight is 456 g/mol. The maximum absolute atomic E-state index is 13.4. The highest BCUT2D eigenvalue weighted by Crippen LogP contribution is 2.32. The molecule has 1 aromatic heterocycles. The van der Waals surface area contributed by atoms with Crippen molar-refractivity contribution in [2.75, 3.05) is 11.9 Å². The Morgan fingerprint density at radius 1 is 1.09 bits per heavy atom. The van der Waals surface area contributed by atoms with Gasteiger partial charge in [-0.05, 0) is 60.2 Å². The highest BCUT2D eigenvalue weighted by molar-refractivity contribution is 8.18. The molecule has 1 aliphatic heterocycles. The molecule has 3 aromatic rings. The summed E-state index contributed by atoms with van der Waals surface area (Å²) in [6.45, 7) is 1.21. The third-order valence-corrected chi connectivity index (χ3v) is 5.56. The van der Waals surface area contributed by atoms with Crippen LogP contribution in [0.25, 0.3) is 17.0 Å². The first kappa shape index (κ1) is 21.4. The molecule has 0 aliphatic carbocycles. The van der Waals surface area contributed by atoms with E-state index < -0.39 is 40.9 Å². The number of nitrogens with zero attached hydrogens (tertiary/aromatic N) is 1. The summed E-state index contributed by atoms with van der Waals surface area (Å²) in [5.41, 5.74) is 1.00. The lowest BCUT2D eigenvalue weighted by molar-refractivity contribution is -0.127. The molecule has 2 aromatic carbocycles. The lowest BCUT2D eigenvalue weighted by atomic mass is 10.1. The highest BCUT2D eigenvalue weighted by atomic mass is 32.2. The number of rotatable bonds is 4. The zero-order valence-corrected chi connectivity index (χ0v) is 17.3. The van der Waals surface area contributed by atoms with E-state index in [2.05, 4.69) is 5.32 Å². The van der Waals surface area contributed by atoms with Crippen LogP contribution < -0.4 is 10.9 Å². The van der Waals surface area contributed by atoms with Gasteiger partial charge in [-0.15, -0.1) is 0 Å². The van der Waals surface area contributed by atoms with Gasteiger partial charge in [0.2, 0.25) is 5.91 Å². The number of carbonyl (C=O) groups excluding carboxylic acids is 3. The Labute approximate surface area is 183 Å². The van der Waals surface area contributed by atoms with E-state index >= 15 is 0 Å². The van der Waals surface area contributed by atoms with E-state index in [4.69, 9.17) is 4.42 Å². The van der Waals surface area contributed by atoms with Crippen molar-refractivity contribution in [1.82, 2.24) is 4.90 Å². The molecule has 0 bridgehead atoms. The van der Waals surface area contributed by atoms with Crippen LogP contribution in [-0.2, 0) is 9.59 Å². The van der Waals surface area contributed by atoms with Crippen LogP contribution in [0.3, 0.4) is 0 Å². The molecule has 0 unspecified atom stereocenters. The second-order valence-corrected chi connectivity index (χ2v) is 7.94. The SMILES string of the molecule is Cc1cc(=O)oc2cc(NC(=O)CN3C(=O)S/C(=C\c4ccc(F)c(F)c4)C3=O)ccc12. The summed E-state index contributed by atoms with van der Waals surface area (Å²) in [5, 5.41) is 2.59. The van der Waals surface area contributed by atoms with E-state index in [1.165, 1.54) is 24.3 Å². The van der Waals surface area contributed by atoms with Crippen molar-refractivity contribution in [2.45, 2.75) is 6.92 Å². The van der Waals surface area contributed by atoms with Crippen LogP contribution in [0.1, 0.15) is 11.1 Å². The van der Waals surface area contributed by atoms with E-state index in [0.717, 1.165) is 22.6 Å². The van der Waals surface area contributed by atoms with Gasteiger partial charge in [-0.2, -0.15) is 0 Å². The number of nitrogens with one attached hydrogen (secondary N) is 1. The highest BCUT2D eigenvalue weighted by Gasteiger charge is 2.36. The van der Waals surface area contributed by atoms with Crippen LogP contribution in [0.4, 0.5) is 19.3 Å². The lowest BCUT2D eigenvalue weighted by Gasteiger charge is -2.12. The number of thioether (sulfide) groups is 1. The van der Waals surface area contributed by atoms with Crippen molar-refractivity contribution in [3.8, 4) is 0 Å². The van der Waals surface area contributed by atoms with Crippen LogP contribution in [0, 0.1) is 18.6 Å². The van der Waals surface area contributed by atoms with Gasteiger partial charge >= 0.3 is 5.63 Å². The maximum atomic E-state index is 13.4. The topological polar surface area (TPSA) is 96.7 Å². The molecular weight excluding hydrogens is 442 g/mol. The molecular formula is C22H14F2N2O5S. The minimum Gasteiger partial charge on any atom is -0.423 e. The van der Waals surface area contributed by atoms with E-state index in [1.54, 1.807) is 19.1 Å². The van der Waals surface area contributed by atoms with Crippen molar-refractivity contribution in [3.05, 3.63) is 80.6 Å². The van der Waals surface area contributed by atoms with E-state index in [-0.39, 0.29) is 16.1 Å². The van der Waals surface area contributed by atoms with Gasteiger partial charge in [-0.3, -0.25) is 19.3 Å². The maximum Gasteiger partial charge on any atom is 0.336 e. The fourth-order valence-corrected chi connectivity index (χ4v) is 3.97. The first-order chi connectivity index (χ1) is 15.2. The molecule has 32 heavy (non-hydrogen) atoms. The second-order valence-electron chi connectivity index (χ2n) is 6.95. The van der Waals surface area contributed by atoms with Crippen LogP contribution in [0.15, 0.2) is 56.6 Å². The number of fused-ring (bicyclic) bond motifs is 1. The smallest absolute Gasteiger partial charge is 0.336 e. The molecule has 0 radical (unpaired) electrons. The molecule has 1 fully saturated rings. The lowest BCUT2D eigenvalue weighted by Crippen LogP contribution is -2.36. The number of imide groups is 1. The predicted octanol–water partition coefficient (Wildman–Crippen LogP) is 4.05. The Balaban J connectivity index is 1.48. The zero-order chi connectivity index (χ0) is 23.0. The molecule has 3 amide bonds. The zero-order valence-electron chi connectivity index (χ0n) is 16.5. The molecule has 2 heterocycles. The number of carbonyl (C=O) groups is 3. The van der Waals surface area contributed by atoms with Gasteiger partial charge in [0.1, 0.15) is 12.1 Å². The van der Waals surface area contributed by atoms with Crippen LogP contribution in [-0.4, -0.2) is 28.5 Å². The van der Waals surface area contributed by atoms with Crippen molar-refractivity contribution in [1.29, 1.82) is 0 Å². The van der Waals surface area contributed by atoms with Crippen molar-refractivity contribution in [3.63, 3.8) is 0 Å². The molecule has 1 aliphatic rings. The molecule has 1 saturated heterocycles. The van der Waals surface area contributed by atoms with Gasteiger partial charge in [0.25, 0.3) is 11.1 Å². The van der Waals surface area contributed by atoms with Crippen LogP contribution in [0.2, 0.25) is 0 Å². The first-order valence-corrected chi connectivity index (χ1v) is 10.1. The molecule has 162 valence electrons. The Morgan fingerprint density at radius 3 is 2.62 bits per heavy atom. The van der Waals surface area contributed by atoms with E-state index in [1.807, 2.05) is 0 Å². The fraction of sp³-hybridized carbons (Fsp3) is 0.0909. The Hall–Kier alpha value is -3.79. The summed E-state index contributed by atoms with van der Waals surface area (Å²) in [4.78, 5) is 49.4. The minimum absolute atomic E-state index is 0.0169. The number of halogens is 2. The largest absolute Gasteiger partial charge is 0.423 e. The minimum atomic E-state index is -1.08. The fourth-order valence-electron chi connectivity index (χ4n) is 3.14. The summed E-state index contributed by atoms with van der Waals surface area (Å²) >= 11 is 0.593. The third kappa shape index (κ3) is 4.30. The van der Waals surface area contributed by atoms with Crippen molar-refractivity contribution >= 4 is 51.5 Å². The summed E-state index contributed by atoms with van der Waals surface area (Å²) in [5.74, 6) is -3.48. The number of anilines is 1. The number of aryl methyl sites for hydroxylation is 1. The standard InChI is InChI=1S/C22H14F2N2O5S/c1-11-6-20(28)31-17-9-13(3-4-14(11)17)25-19(27)10-26-21(29)18(32-22(26)30)8-12-2-5-15(23)16(24)7-12/h2-9H,10H2,1H3,(H,25,27)/b18-8-. The number of amides is 3. The van der Waals surface area contributed by atoms with Crippen LogP contribution in [0.5, 0.6) is 0 Å². The quantitative estimate of drug-likeness (QED) is 0.470. The second kappa shape index (κ2) is 8.39. The summed E-state index contributed by atoms with van der Waals surface area (Å²) in [7, 11) is 0. The van der Waals surface area contributed by atoms with Crippen LogP contribution >= 0.6 is 11.8 Å². The van der Waals surface area contributed by atoms with E-state index in [9.17, 15) is 28.0 Å². The van der Waals surface area contributed by atoms with Gasteiger partial charge < -0.3 is 9.73 Å². The molecule has 0 saturated carbocycles. The number of hydrogen-bond acceptors (Lipinski definition) is 6. The molecule has 1 N–H and O–H groups in total. The van der Waals surface area contributed by atoms with Gasteiger partial charge in [0.15, 0.2) is 11.6 Å². The first-order valence-electron chi connectivity index (χ1n) is 9.26. The molecule has 0 atom stereocenters. The normalized spacial score (nSPS) is 15.1. The van der Waals surface area contributed by atoms with Gasteiger partial charge in [0.05, 0.1) is 4.91 Å². The average Bonchev–Trinajstić information content (AvgIpc) is 2.97. The number of benzene rings is 2. The number of hydrogen-bond donors (Lipinski definition) is 1. The Bertz CT molecular complexity index is 1380. The molecule has 7 nitrogen and oxygen atoms in total. The monoisotopic (exact) mass is 456 g/mol. The molecule has 4 rings (SSSR count). The third-order valence-electron chi connectivity index (χ3n) is 4.65. The Kier molecular flexibility index (Phi) is 5.62. The van der Waals surface area contributed by atoms with Crippen molar-refractivity contribution in [2.24, 2.45) is 0 Å². The molecule has 0 spiro atoms. The van der Waals surface area contributed by atoms with Gasteiger partial charge in [-0.1, -0.05) is 6.07 Å². The van der Waals surface area contributed by atoms with E-state index in [0.29, 0.717) is 22.8 Å². The van der Waals surface area contributed by atoms with Gasteiger partial charge in [0, 0.05) is 23.2 Å². The Morgan fingerprint density at radius 2 is 1.88 bits per heavy atom. The van der Waals surface area contributed by atoms with Gasteiger partial charge in [-0.25, -0.2) is 13.6 Å². The summed E-state index contributed by atoms with van der Waals surface area (Å²) in [6.07, 6.45) is 1.25. The summed E-state index contributed by atoms with van der Waals surface area (Å²) < 4.78 is 31.6. The predicted molar refractivity (Wildman–Crippen MR) is 115 cm³/mol. The summed E-state index contributed by atoms with van der Waals surface area (Å²) in [6, 6.07) is 9.17. The molecule has 10 heteroatoms.